The number of rotatable bonds is 7. The van der Waals surface area contributed by atoms with Gasteiger partial charge in [0.25, 0.3) is 5.91 Å². The summed E-state index contributed by atoms with van der Waals surface area (Å²) in [5.41, 5.74) is 1.39. The predicted octanol–water partition coefficient (Wildman–Crippen LogP) is 5.01. The number of phenolic OH excluding ortho intramolecular Hbond substituents is 1. The zero-order valence-electron chi connectivity index (χ0n) is 18.0. The zero-order chi connectivity index (χ0) is 22.7. The number of methoxy groups -OCH3 is 3. The van der Waals surface area contributed by atoms with Gasteiger partial charge in [0.05, 0.1) is 21.3 Å². The third-order valence-electron chi connectivity index (χ3n) is 5.17. The molecule has 1 aromatic heterocycles. The Labute approximate surface area is 185 Å². The summed E-state index contributed by atoms with van der Waals surface area (Å²) in [4.78, 5) is 12.7. The maximum absolute atomic E-state index is 12.7. The van der Waals surface area contributed by atoms with E-state index in [0.29, 0.717) is 40.5 Å². The van der Waals surface area contributed by atoms with Crippen LogP contribution in [0.15, 0.2) is 65.1 Å². The second kappa shape index (κ2) is 8.93. The van der Waals surface area contributed by atoms with E-state index in [1.165, 1.54) is 0 Å². The first-order valence-electron chi connectivity index (χ1n) is 9.93. The lowest BCUT2D eigenvalue weighted by Gasteiger charge is -2.14. The molecule has 1 amide bonds. The molecule has 0 aliphatic carbocycles. The topological polar surface area (TPSA) is 90.2 Å². The van der Waals surface area contributed by atoms with Gasteiger partial charge in [-0.25, -0.2) is 0 Å². The highest BCUT2D eigenvalue weighted by Gasteiger charge is 2.18. The van der Waals surface area contributed by atoms with Crippen molar-refractivity contribution in [2.24, 2.45) is 0 Å². The van der Waals surface area contributed by atoms with E-state index in [0.717, 1.165) is 10.9 Å². The summed E-state index contributed by atoms with van der Waals surface area (Å²) in [5, 5.41) is 14.3. The number of nitrogens with one attached hydrogen (secondary N) is 1. The first-order valence-corrected chi connectivity index (χ1v) is 9.93. The first-order chi connectivity index (χ1) is 15.5. The molecule has 0 unspecified atom stereocenters. The number of amides is 1. The predicted molar refractivity (Wildman–Crippen MR) is 121 cm³/mol. The van der Waals surface area contributed by atoms with E-state index >= 15 is 0 Å². The van der Waals surface area contributed by atoms with Crippen LogP contribution in [0.25, 0.3) is 10.8 Å². The van der Waals surface area contributed by atoms with E-state index in [-0.39, 0.29) is 17.4 Å². The van der Waals surface area contributed by atoms with Gasteiger partial charge < -0.3 is 29.1 Å². The second-order valence-corrected chi connectivity index (χ2v) is 7.12. The molecule has 4 rings (SSSR count). The number of aromatic hydroxyl groups is 1. The number of anilines is 1. The monoisotopic (exact) mass is 433 g/mol. The molecule has 4 aromatic rings. The third kappa shape index (κ3) is 4.18. The molecule has 0 saturated heterocycles. The molecular weight excluding hydrogens is 410 g/mol. The van der Waals surface area contributed by atoms with E-state index in [9.17, 15) is 9.90 Å². The van der Waals surface area contributed by atoms with Gasteiger partial charge in [-0.2, -0.15) is 0 Å². The highest BCUT2D eigenvalue weighted by molar-refractivity contribution is 6.03. The zero-order valence-corrected chi connectivity index (χ0v) is 18.0. The molecule has 0 aliphatic rings. The second-order valence-electron chi connectivity index (χ2n) is 7.12. The summed E-state index contributed by atoms with van der Waals surface area (Å²) >= 11 is 0. The van der Waals surface area contributed by atoms with Gasteiger partial charge in [0.15, 0.2) is 5.76 Å². The van der Waals surface area contributed by atoms with Crippen LogP contribution in [0.4, 0.5) is 5.69 Å². The molecule has 0 aliphatic heterocycles. The van der Waals surface area contributed by atoms with Crippen molar-refractivity contribution >= 4 is 22.4 Å². The number of fused-ring (bicyclic) bond motifs is 1. The Kier molecular flexibility index (Phi) is 5.89. The van der Waals surface area contributed by atoms with Gasteiger partial charge in [-0.1, -0.05) is 12.1 Å². The Balaban J connectivity index is 1.54. The van der Waals surface area contributed by atoms with E-state index in [1.54, 1.807) is 75.9 Å². The van der Waals surface area contributed by atoms with Crippen LogP contribution >= 0.6 is 0 Å². The molecule has 3 aromatic carbocycles. The fraction of sp³-hybridized carbons (Fsp3) is 0.160. The Bertz CT molecular complexity index is 1250. The highest BCUT2D eigenvalue weighted by Crippen LogP contribution is 2.36. The van der Waals surface area contributed by atoms with Crippen molar-refractivity contribution in [1.29, 1.82) is 0 Å². The summed E-state index contributed by atoms with van der Waals surface area (Å²) in [6.45, 7) is 0. The Hall–Kier alpha value is -4.13. The van der Waals surface area contributed by atoms with Crippen LogP contribution in [0.3, 0.4) is 0 Å². The average molecular weight is 433 g/mol. The van der Waals surface area contributed by atoms with Gasteiger partial charge in [0.2, 0.25) is 0 Å². The summed E-state index contributed by atoms with van der Waals surface area (Å²) in [6, 6.07) is 17.4. The molecule has 32 heavy (non-hydrogen) atoms. The van der Waals surface area contributed by atoms with Crippen molar-refractivity contribution < 1.29 is 28.5 Å². The lowest BCUT2D eigenvalue weighted by atomic mass is 10.1. The number of hydrogen-bond acceptors (Lipinski definition) is 6. The van der Waals surface area contributed by atoms with Crippen molar-refractivity contribution in [3.05, 3.63) is 77.7 Å². The molecule has 0 radical (unpaired) electrons. The number of furan rings is 1. The van der Waals surface area contributed by atoms with Gasteiger partial charge in [-0.3, -0.25) is 4.79 Å². The quantitative estimate of drug-likeness (QED) is 0.426. The molecule has 0 bridgehead atoms. The first kappa shape index (κ1) is 21.1. The molecular formula is C25H23NO6. The number of hydrogen-bond donors (Lipinski definition) is 2. The molecule has 0 fully saturated rings. The fourth-order valence-electron chi connectivity index (χ4n) is 3.56. The minimum absolute atomic E-state index is 0.183. The van der Waals surface area contributed by atoms with Gasteiger partial charge in [-0.15, -0.1) is 0 Å². The van der Waals surface area contributed by atoms with Crippen LogP contribution in [-0.4, -0.2) is 32.3 Å². The van der Waals surface area contributed by atoms with Crippen LogP contribution < -0.4 is 19.5 Å². The Morgan fingerprint density at radius 1 is 0.938 bits per heavy atom. The smallest absolute Gasteiger partial charge is 0.291 e. The normalized spacial score (nSPS) is 10.7. The molecule has 0 spiro atoms. The van der Waals surface area contributed by atoms with E-state index in [4.69, 9.17) is 18.6 Å². The molecule has 164 valence electrons. The number of benzene rings is 3. The van der Waals surface area contributed by atoms with E-state index < -0.39 is 0 Å². The standard InChI is InChI=1S/C25H23NO6/c1-29-18-13-23(30-2)20(24(14-18)31-3)12-17-8-10-22(32-17)25(28)26-16-7-9-19-15(11-16)5-4-6-21(19)27/h4-11,13-14,27H,12H2,1-3H3,(H,26,28). The summed E-state index contributed by atoms with van der Waals surface area (Å²) < 4.78 is 22.0. The summed E-state index contributed by atoms with van der Waals surface area (Å²) in [5.74, 6) is 2.41. The van der Waals surface area contributed by atoms with Crippen LogP contribution in [0, 0.1) is 0 Å². The number of phenols is 1. The van der Waals surface area contributed by atoms with Crippen molar-refractivity contribution in [2.75, 3.05) is 26.6 Å². The van der Waals surface area contributed by atoms with Crippen LogP contribution in [-0.2, 0) is 6.42 Å². The summed E-state index contributed by atoms with van der Waals surface area (Å²) in [6.07, 6.45) is 0.374. The lowest BCUT2D eigenvalue weighted by molar-refractivity contribution is 0.0995. The van der Waals surface area contributed by atoms with Gasteiger partial charge in [-0.05, 0) is 41.8 Å². The largest absolute Gasteiger partial charge is 0.507 e. The molecule has 7 heteroatoms. The molecule has 0 saturated carbocycles. The Morgan fingerprint density at radius 2 is 1.69 bits per heavy atom. The fourth-order valence-corrected chi connectivity index (χ4v) is 3.56. The minimum atomic E-state index is -0.371. The van der Waals surface area contributed by atoms with Crippen molar-refractivity contribution in [2.45, 2.75) is 6.42 Å². The van der Waals surface area contributed by atoms with Gasteiger partial charge in [0.1, 0.15) is 28.8 Å². The van der Waals surface area contributed by atoms with Crippen molar-refractivity contribution in [3.63, 3.8) is 0 Å². The molecule has 1 heterocycles. The maximum Gasteiger partial charge on any atom is 0.291 e. The molecule has 0 atom stereocenters. The SMILES string of the molecule is COc1cc(OC)c(Cc2ccc(C(=O)Nc3ccc4c(O)cccc4c3)o2)c(OC)c1. The van der Waals surface area contributed by atoms with Crippen molar-refractivity contribution in [1.82, 2.24) is 0 Å². The van der Waals surface area contributed by atoms with Gasteiger partial charge >= 0.3 is 0 Å². The van der Waals surface area contributed by atoms with Crippen LogP contribution in [0.2, 0.25) is 0 Å². The van der Waals surface area contributed by atoms with E-state index in [1.807, 2.05) is 6.07 Å². The van der Waals surface area contributed by atoms with Crippen LogP contribution in [0.5, 0.6) is 23.0 Å². The number of ether oxygens (including phenoxy) is 3. The summed E-state index contributed by atoms with van der Waals surface area (Å²) in [7, 11) is 4.72. The van der Waals surface area contributed by atoms with Gasteiger partial charge in [0, 0.05) is 35.2 Å². The highest BCUT2D eigenvalue weighted by atomic mass is 16.5. The average Bonchev–Trinajstić information content (AvgIpc) is 3.28. The third-order valence-corrected chi connectivity index (χ3v) is 5.17. The minimum Gasteiger partial charge on any atom is -0.507 e. The maximum atomic E-state index is 12.7. The van der Waals surface area contributed by atoms with Crippen LogP contribution in [0.1, 0.15) is 21.9 Å². The molecule has 2 N–H and O–H groups in total. The number of carbonyl (C=O) groups excluding carboxylic acids is 1. The number of carbonyl (C=O) groups is 1. The van der Waals surface area contributed by atoms with E-state index in [2.05, 4.69) is 5.32 Å². The lowest BCUT2D eigenvalue weighted by Crippen LogP contribution is -2.10. The van der Waals surface area contributed by atoms with Crippen molar-refractivity contribution in [3.8, 4) is 23.0 Å². The Morgan fingerprint density at radius 3 is 2.38 bits per heavy atom. The molecule has 7 nitrogen and oxygen atoms in total.